The Labute approximate surface area is 215 Å². The van der Waals surface area contributed by atoms with Crippen molar-refractivity contribution in [2.45, 2.75) is 22.9 Å². The average molecular weight is 501 g/mol. The summed E-state index contributed by atoms with van der Waals surface area (Å²) in [7, 11) is 0. The molecule has 0 N–H and O–H groups in total. The van der Waals surface area contributed by atoms with Gasteiger partial charge in [-0.25, -0.2) is 0 Å². The number of anilines is 2. The Morgan fingerprint density at radius 1 is 0.600 bits per heavy atom. The minimum atomic E-state index is 0.488. The summed E-state index contributed by atoms with van der Waals surface area (Å²) >= 11 is 9.20. The molecule has 0 radical (unpaired) electrons. The van der Waals surface area contributed by atoms with Gasteiger partial charge in [0.2, 0.25) is 0 Å². The summed E-state index contributed by atoms with van der Waals surface area (Å²) in [6, 6.07) is 28.0. The van der Waals surface area contributed by atoms with E-state index < -0.39 is 0 Å². The maximum Gasteiger partial charge on any atom is 0.161 e. The van der Waals surface area contributed by atoms with Crippen molar-refractivity contribution in [1.82, 2.24) is 0 Å². The standard InChI is InChI=1S/C28H24N2O3S2/c34-27-7-3-1-5-23(27)29-15-19-13-21(9-11-25(19)31-17-29)33-22-10-12-26-20(14-22)16-30(18-32-26)24-6-2-4-8-28(24)35/h1-14,34-35H,15-18H2. The molecule has 4 aromatic carbocycles. The Hall–Kier alpha value is -3.42. The molecule has 7 heteroatoms. The quantitative estimate of drug-likeness (QED) is 0.302. The first-order valence-corrected chi connectivity index (χ1v) is 12.3. The molecule has 6 rings (SSSR count). The molecule has 5 nitrogen and oxygen atoms in total. The molecular weight excluding hydrogens is 476 g/mol. The summed E-state index contributed by atoms with van der Waals surface area (Å²) in [5, 5.41) is 0. The highest BCUT2D eigenvalue weighted by atomic mass is 32.1. The van der Waals surface area contributed by atoms with Crippen molar-refractivity contribution in [1.29, 1.82) is 0 Å². The second kappa shape index (κ2) is 9.32. The molecule has 0 amide bonds. The lowest BCUT2D eigenvalue weighted by Crippen LogP contribution is -2.32. The molecular formula is C28H24N2O3S2. The van der Waals surface area contributed by atoms with E-state index in [1.54, 1.807) is 0 Å². The first kappa shape index (κ1) is 22.1. The van der Waals surface area contributed by atoms with Crippen LogP contribution in [0, 0.1) is 0 Å². The number of thiol groups is 2. The molecule has 0 aliphatic carbocycles. The van der Waals surface area contributed by atoms with Gasteiger partial charge >= 0.3 is 0 Å². The molecule has 2 aliphatic heterocycles. The summed E-state index contributed by atoms with van der Waals surface area (Å²) in [6.07, 6.45) is 0. The first-order chi connectivity index (χ1) is 17.1. The van der Waals surface area contributed by atoms with Crippen molar-refractivity contribution in [3.63, 3.8) is 0 Å². The molecule has 0 unspecified atom stereocenters. The number of fused-ring (bicyclic) bond motifs is 2. The maximum atomic E-state index is 6.26. The van der Waals surface area contributed by atoms with Crippen LogP contribution in [0.5, 0.6) is 23.0 Å². The zero-order valence-corrected chi connectivity index (χ0v) is 20.7. The monoisotopic (exact) mass is 500 g/mol. The lowest BCUT2D eigenvalue weighted by atomic mass is 10.1. The molecule has 0 saturated heterocycles. The van der Waals surface area contributed by atoms with Crippen molar-refractivity contribution >= 4 is 36.6 Å². The largest absolute Gasteiger partial charge is 0.473 e. The number of rotatable bonds is 4. The molecule has 35 heavy (non-hydrogen) atoms. The molecule has 0 aromatic heterocycles. The zero-order valence-electron chi connectivity index (χ0n) is 18.9. The van der Waals surface area contributed by atoms with Crippen LogP contribution in [0.3, 0.4) is 0 Å². The Kier molecular flexibility index (Phi) is 5.88. The Balaban J connectivity index is 1.21. The minimum absolute atomic E-state index is 0.488. The van der Waals surface area contributed by atoms with Gasteiger partial charge in [-0.1, -0.05) is 24.3 Å². The molecule has 0 atom stereocenters. The van der Waals surface area contributed by atoms with E-state index in [2.05, 4.69) is 47.2 Å². The number of ether oxygens (including phenoxy) is 3. The maximum absolute atomic E-state index is 6.26. The van der Waals surface area contributed by atoms with Crippen molar-refractivity contribution in [3.05, 3.63) is 96.1 Å². The van der Waals surface area contributed by atoms with Gasteiger partial charge in [0.1, 0.15) is 23.0 Å². The lowest BCUT2D eigenvalue weighted by molar-refractivity contribution is 0.287. The third kappa shape index (κ3) is 4.49. The molecule has 0 fully saturated rings. The fraction of sp³-hybridized carbons (Fsp3) is 0.143. The molecule has 176 valence electrons. The normalized spacial score (nSPS) is 14.5. The highest BCUT2D eigenvalue weighted by molar-refractivity contribution is 7.80. The summed E-state index contributed by atoms with van der Waals surface area (Å²) in [5.41, 5.74) is 4.25. The molecule has 0 spiro atoms. The molecule has 2 heterocycles. The van der Waals surface area contributed by atoms with Crippen LogP contribution in [0.2, 0.25) is 0 Å². The van der Waals surface area contributed by atoms with E-state index in [0.29, 0.717) is 13.5 Å². The van der Waals surface area contributed by atoms with E-state index in [4.69, 9.17) is 14.2 Å². The molecule has 0 bridgehead atoms. The SMILES string of the molecule is Sc1ccccc1N1COc2ccc(Oc3ccc4c(c3)CN(c3ccccc3S)CO4)cc2C1. The van der Waals surface area contributed by atoms with E-state index in [-0.39, 0.29) is 0 Å². The number of nitrogens with zero attached hydrogens (tertiary/aromatic N) is 2. The topological polar surface area (TPSA) is 34.2 Å². The molecule has 4 aromatic rings. The third-order valence-electron chi connectivity index (χ3n) is 6.22. The Bertz CT molecular complexity index is 1290. The Morgan fingerprint density at radius 3 is 1.51 bits per heavy atom. The van der Waals surface area contributed by atoms with Gasteiger partial charge < -0.3 is 24.0 Å². The van der Waals surface area contributed by atoms with Gasteiger partial charge in [-0.05, 0) is 60.7 Å². The summed E-state index contributed by atoms with van der Waals surface area (Å²) in [5.74, 6) is 3.29. The predicted octanol–water partition coefficient (Wildman–Crippen LogP) is 6.77. The Morgan fingerprint density at radius 2 is 1.06 bits per heavy atom. The van der Waals surface area contributed by atoms with Crippen LogP contribution in [-0.2, 0) is 13.1 Å². The highest BCUT2D eigenvalue weighted by Crippen LogP contribution is 2.37. The second-order valence-electron chi connectivity index (χ2n) is 8.56. The number of hydrogen-bond donors (Lipinski definition) is 2. The van der Waals surface area contributed by atoms with E-state index in [0.717, 1.165) is 68.4 Å². The van der Waals surface area contributed by atoms with Crippen molar-refractivity contribution in [2.75, 3.05) is 23.3 Å². The predicted molar refractivity (Wildman–Crippen MR) is 144 cm³/mol. The highest BCUT2D eigenvalue weighted by Gasteiger charge is 2.22. The second-order valence-corrected chi connectivity index (χ2v) is 9.52. The van der Waals surface area contributed by atoms with Crippen LogP contribution < -0.4 is 24.0 Å². The van der Waals surface area contributed by atoms with Gasteiger partial charge in [-0.15, -0.1) is 25.3 Å². The first-order valence-electron chi connectivity index (χ1n) is 11.4. The number of benzene rings is 4. The lowest BCUT2D eigenvalue weighted by Gasteiger charge is -2.32. The van der Waals surface area contributed by atoms with Gasteiger partial charge in [0, 0.05) is 20.9 Å². The van der Waals surface area contributed by atoms with Gasteiger partial charge in [0.25, 0.3) is 0 Å². The summed E-state index contributed by atoms with van der Waals surface area (Å²) in [4.78, 5) is 6.19. The van der Waals surface area contributed by atoms with Gasteiger partial charge in [-0.3, -0.25) is 0 Å². The minimum Gasteiger partial charge on any atom is -0.473 e. The fourth-order valence-corrected chi connectivity index (χ4v) is 5.08. The molecule has 0 saturated carbocycles. The summed E-state index contributed by atoms with van der Waals surface area (Å²) < 4.78 is 18.3. The zero-order chi connectivity index (χ0) is 23.8. The van der Waals surface area contributed by atoms with E-state index in [1.165, 1.54) is 0 Å². The van der Waals surface area contributed by atoms with E-state index in [9.17, 15) is 0 Å². The van der Waals surface area contributed by atoms with Crippen molar-refractivity contribution in [2.24, 2.45) is 0 Å². The van der Waals surface area contributed by atoms with Crippen molar-refractivity contribution in [3.8, 4) is 23.0 Å². The average Bonchev–Trinajstić information content (AvgIpc) is 2.88. The number of para-hydroxylation sites is 2. The van der Waals surface area contributed by atoms with Gasteiger partial charge in [0.15, 0.2) is 13.5 Å². The van der Waals surface area contributed by atoms with Crippen LogP contribution in [0.4, 0.5) is 11.4 Å². The van der Waals surface area contributed by atoms with E-state index >= 15 is 0 Å². The smallest absolute Gasteiger partial charge is 0.161 e. The van der Waals surface area contributed by atoms with Gasteiger partial charge in [-0.2, -0.15) is 0 Å². The van der Waals surface area contributed by atoms with Crippen molar-refractivity contribution < 1.29 is 14.2 Å². The fourth-order valence-electron chi connectivity index (χ4n) is 4.47. The van der Waals surface area contributed by atoms with Crippen LogP contribution in [-0.4, -0.2) is 13.5 Å². The third-order valence-corrected chi connectivity index (χ3v) is 6.97. The number of hydrogen-bond acceptors (Lipinski definition) is 7. The van der Waals surface area contributed by atoms with Crippen LogP contribution in [0.25, 0.3) is 0 Å². The summed E-state index contributed by atoms with van der Waals surface area (Å²) in [6.45, 7) is 2.42. The van der Waals surface area contributed by atoms with Crippen LogP contribution in [0.1, 0.15) is 11.1 Å². The van der Waals surface area contributed by atoms with Gasteiger partial charge in [0.05, 0.1) is 24.5 Å². The molecule has 2 aliphatic rings. The van der Waals surface area contributed by atoms with E-state index in [1.807, 2.05) is 72.8 Å². The van der Waals surface area contributed by atoms with Crippen LogP contribution >= 0.6 is 25.3 Å². The van der Waals surface area contributed by atoms with Crippen LogP contribution in [0.15, 0.2) is 94.7 Å².